The average molecular weight is 316 g/mol. The Morgan fingerprint density at radius 1 is 1.43 bits per heavy atom. The molecule has 1 aliphatic rings. The van der Waals surface area contributed by atoms with Crippen molar-refractivity contribution in [3.05, 3.63) is 46.7 Å². The molecule has 1 N–H and O–H groups in total. The zero-order chi connectivity index (χ0) is 16.2. The molecule has 0 bridgehead atoms. The van der Waals surface area contributed by atoms with Crippen LogP contribution >= 0.6 is 0 Å². The van der Waals surface area contributed by atoms with Gasteiger partial charge in [-0.2, -0.15) is 0 Å². The van der Waals surface area contributed by atoms with Crippen LogP contribution in [0.4, 0.5) is 0 Å². The van der Waals surface area contributed by atoms with Crippen LogP contribution in [0, 0.1) is 6.92 Å². The van der Waals surface area contributed by atoms with Crippen molar-refractivity contribution in [2.75, 3.05) is 13.8 Å². The number of aromatic nitrogens is 1. The predicted octanol–water partition coefficient (Wildman–Crippen LogP) is 2.77. The molecule has 1 heterocycles. The summed E-state index contributed by atoms with van der Waals surface area (Å²) in [6.07, 6.45) is 2.91. The van der Waals surface area contributed by atoms with Crippen molar-refractivity contribution in [3.8, 4) is 5.88 Å². The van der Waals surface area contributed by atoms with E-state index in [-0.39, 0.29) is 12.8 Å². The molecule has 0 saturated heterocycles. The largest absolute Gasteiger partial charge is 0.437 e. The van der Waals surface area contributed by atoms with Crippen LogP contribution in [0.3, 0.4) is 0 Å². The maximum absolute atomic E-state index is 12.0. The van der Waals surface area contributed by atoms with Crippen molar-refractivity contribution < 1.29 is 18.8 Å². The third-order valence-corrected chi connectivity index (χ3v) is 4.11. The summed E-state index contributed by atoms with van der Waals surface area (Å²) in [4.78, 5) is 12.0. The summed E-state index contributed by atoms with van der Waals surface area (Å²) in [5, 5.41) is 7.19. The lowest BCUT2D eigenvalue weighted by molar-refractivity contribution is 0.0127. The lowest BCUT2D eigenvalue weighted by atomic mass is 9.93. The number of hydrogen-bond acceptors (Lipinski definition) is 6. The van der Waals surface area contributed by atoms with Crippen LogP contribution in [0.2, 0.25) is 0 Å². The molecule has 23 heavy (non-hydrogen) atoms. The molecular formula is C17H20N2O4. The fraction of sp³-hybridized carbons (Fsp3) is 0.412. The van der Waals surface area contributed by atoms with E-state index in [9.17, 15) is 4.79 Å². The number of fused-ring (bicyclic) bond motifs is 1. The first-order chi connectivity index (χ1) is 11.2. The monoisotopic (exact) mass is 316 g/mol. The van der Waals surface area contributed by atoms with E-state index in [1.165, 1.54) is 0 Å². The quantitative estimate of drug-likeness (QED) is 0.675. The lowest BCUT2D eigenvalue weighted by Crippen LogP contribution is -2.21. The Morgan fingerprint density at radius 3 is 3.04 bits per heavy atom. The molecule has 2 aromatic rings. The van der Waals surface area contributed by atoms with Crippen molar-refractivity contribution in [2.45, 2.75) is 32.2 Å². The summed E-state index contributed by atoms with van der Waals surface area (Å²) in [5.41, 5.74) is 2.34. The topological polar surface area (TPSA) is 73.6 Å². The Kier molecular flexibility index (Phi) is 4.62. The first-order valence-corrected chi connectivity index (χ1v) is 7.72. The van der Waals surface area contributed by atoms with Gasteiger partial charge in [0.1, 0.15) is 5.76 Å². The Labute approximate surface area is 134 Å². The first-order valence-electron chi connectivity index (χ1n) is 7.72. The molecule has 6 nitrogen and oxygen atoms in total. The van der Waals surface area contributed by atoms with Crippen molar-refractivity contribution >= 4 is 5.97 Å². The lowest BCUT2D eigenvalue weighted by Gasteiger charge is -2.20. The van der Waals surface area contributed by atoms with Gasteiger partial charge in [0.05, 0.1) is 11.1 Å². The molecule has 0 aliphatic heterocycles. The highest BCUT2D eigenvalue weighted by Gasteiger charge is 2.28. The summed E-state index contributed by atoms with van der Waals surface area (Å²) in [7, 11) is 1.90. The smallest absolute Gasteiger partial charge is 0.341 e. The summed E-state index contributed by atoms with van der Waals surface area (Å²) in [6.45, 7) is 1.67. The van der Waals surface area contributed by atoms with Gasteiger partial charge in [0.25, 0.3) is 5.88 Å². The van der Waals surface area contributed by atoms with Crippen LogP contribution in [-0.4, -0.2) is 25.0 Å². The number of benzene rings is 1. The number of esters is 1. The van der Waals surface area contributed by atoms with Crippen LogP contribution in [-0.2, 0) is 11.2 Å². The zero-order valence-electron chi connectivity index (χ0n) is 13.3. The highest BCUT2D eigenvalue weighted by atomic mass is 16.7. The summed E-state index contributed by atoms with van der Waals surface area (Å²) >= 11 is 0. The second-order valence-electron chi connectivity index (χ2n) is 5.57. The molecule has 0 fully saturated rings. The maximum Gasteiger partial charge on any atom is 0.341 e. The second kappa shape index (κ2) is 6.83. The van der Waals surface area contributed by atoms with Gasteiger partial charge in [-0.15, -0.1) is 0 Å². The minimum absolute atomic E-state index is 0.159. The Balaban J connectivity index is 1.63. The molecule has 6 heteroatoms. The third kappa shape index (κ3) is 3.22. The van der Waals surface area contributed by atoms with E-state index >= 15 is 0 Å². The van der Waals surface area contributed by atoms with Gasteiger partial charge < -0.3 is 19.3 Å². The molecule has 1 aliphatic carbocycles. The van der Waals surface area contributed by atoms with Gasteiger partial charge in [-0.25, -0.2) is 4.79 Å². The van der Waals surface area contributed by atoms with Crippen molar-refractivity contribution in [1.82, 2.24) is 10.5 Å². The molecule has 1 aromatic heterocycles. The van der Waals surface area contributed by atoms with Crippen LogP contribution < -0.4 is 10.1 Å². The molecule has 0 amide bonds. The number of carbonyl (C=O) groups excluding carboxylic acids is 1. The molecular weight excluding hydrogens is 296 g/mol. The number of rotatable bonds is 5. The van der Waals surface area contributed by atoms with Gasteiger partial charge in [-0.05, 0) is 43.6 Å². The molecule has 0 unspecified atom stereocenters. The fourth-order valence-electron chi connectivity index (χ4n) is 2.86. The Morgan fingerprint density at radius 2 is 2.26 bits per heavy atom. The minimum atomic E-state index is -0.411. The van der Waals surface area contributed by atoms with E-state index in [1.807, 2.05) is 26.1 Å². The van der Waals surface area contributed by atoms with E-state index in [1.54, 1.807) is 12.1 Å². The zero-order valence-corrected chi connectivity index (χ0v) is 13.3. The molecule has 1 aromatic carbocycles. The summed E-state index contributed by atoms with van der Waals surface area (Å²) in [5.74, 6) is 0.832. The Hall–Kier alpha value is -2.34. The molecule has 0 saturated carbocycles. The SMILES string of the molecule is CN[C@@H]1CCCc2onc(OCOC(=O)c3ccccc3C)c21. The van der Waals surface area contributed by atoms with Gasteiger partial charge in [0.15, 0.2) is 0 Å². The number of carbonyl (C=O) groups is 1. The summed E-state index contributed by atoms with van der Waals surface area (Å²) in [6, 6.07) is 7.43. The van der Waals surface area contributed by atoms with Gasteiger partial charge in [0.2, 0.25) is 6.79 Å². The van der Waals surface area contributed by atoms with E-state index in [0.717, 1.165) is 36.1 Å². The van der Waals surface area contributed by atoms with Crippen LogP contribution in [0.15, 0.2) is 28.8 Å². The molecule has 0 radical (unpaired) electrons. The fourth-order valence-corrected chi connectivity index (χ4v) is 2.86. The number of nitrogens with one attached hydrogen (secondary N) is 1. The molecule has 1 atom stereocenters. The number of ether oxygens (including phenoxy) is 2. The normalized spacial score (nSPS) is 16.7. The molecule has 0 spiro atoms. The van der Waals surface area contributed by atoms with Crippen LogP contribution in [0.25, 0.3) is 0 Å². The molecule has 122 valence electrons. The maximum atomic E-state index is 12.0. The van der Waals surface area contributed by atoms with Crippen molar-refractivity contribution in [2.24, 2.45) is 0 Å². The standard InChI is InChI=1S/C17H20N2O4/c1-11-6-3-4-7-12(11)17(20)22-10-21-16-15-13(18-2)8-5-9-14(15)23-19-16/h3-4,6-7,13,18H,5,8-10H2,1-2H3/t13-/m1/s1. The van der Waals surface area contributed by atoms with Gasteiger partial charge in [-0.3, -0.25) is 0 Å². The van der Waals surface area contributed by atoms with Gasteiger partial charge in [0, 0.05) is 12.5 Å². The second-order valence-corrected chi connectivity index (χ2v) is 5.57. The van der Waals surface area contributed by atoms with E-state index in [4.69, 9.17) is 14.0 Å². The van der Waals surface area contributed by atoms with Crippen LogP contribution in [0.1, 0.15) is 46.1 Å². The van der Waals surface area contributed by atoms with Crippen molar-refractivity contribution in [1.29, 1.82) is 0 Å². The number of nitrogens with zero attached hydrogens (tertiary/aromatic N) is 1. The number of aryl methyl sites for hydroxylation is 2. The van der Waals surface area contributed by atoms with Gasteiger partial charge >= 0.3 is 5.97 Å². The highest BCUT2D eigenvalue weighted by molar-refractivity contribution is 5.90. The van der Waals surface area contributed by atoms with E-state index in [0.29, 0.717) is 11.4 Å². The molecule has 3 rings (SSSR count). The third-order valence-electron chi connectivity index (χ3n) is 4.11. The highest BCUT2D eigenvalue weighted by Crippen LogP contribution is 2.36. The van der Waals surface area contributed by atoms with Gasteiger partial charge in [-0.1, -0.05) is 18.2 Å². The predicted molar refractivity (Wildman–Crippen MR) is 83.3 cm³/mol. The van der Waals surface area contributed by atoms with E-state index < -0.39 is 5.97 Å². The number of hydrogen-bond donors (Lipinski definition) is 1. The average Bonchev–Trinajstić information content (AvgIpc) is 2.98. The van der Waals surface area contributed by atoms with E-state index in [2.05, 4.69) is 10.5 Å². The first kappa shape index (κ1) is 15.6. The van der Waals surface area contributed by atoms with Crippen LogP contribution in [0.5, 0.6) is 5.88 Å². The summed E-state index contributed by atoms with van der Waals surface area (Å²) < 4.78 is 16.0. The Bertz CT molecular complexity index is 696. The van der Waals surface area contributed by atoms with Crippen molar-refractivity contribution in [3.63, 3.8) is 0 Å². The minimum Gasteiger partial charge on any atom is -0.437 e.